The van der Waals surface area contributed by atoms with Crippen molar-refractivity contribution in [2.75, 3.05) is 6.54 Å². The van der Waals surface area contributed by atoms with E-state index in [0.29, 0.717) is 12.3 Å². The zero-order chi connectivity index (χ0) is 9.31. The molecule has 1 fully saturated rings. The number of aliphatic hydroxyl groups excluding tert-OH is 1. The maximum absolute atomic E-state index is 9.64. The monoisotopic (exact) mass is 181 g/mol. The minimum absolute atomic E-state index is 0.271. The highest BCUT2D eigenvalue weighted by molar-refractivity contribution is 5.04. The van der Waals surface area contributed by atoms with E-state index in [1.165, 1.54) is 12.8 Å². The van der Waals surface area contributed by atoms with Crippen LogP contribution in [0.5, 0.6) is 0 Å². The Morgan fingerprint density at radius 3 is 3.00 bits per heavy atom. The summed E-state index contributed by atoms with van der Waals surface area (Å²) >= 11 is 0. The van der Waals surface area contributed by atoms with Crippen LogP contribution in [0.2, 0.25) is 0 Å². The third kappa shape index (κ3) is 2.11. The Labute approximate surface area is 77.8 Å². The van der Waals surface area contributed by atoms with Crippen molar-refractivity contribution in [1.29, 1.82) is 0 Å². The molecular formula is C10H15NO2. The fraction of sp³-hybridized carbons (Fsp3) is 0.600. The number of rotatable bonds is 4. The minimum Gasteiger partial charge on any atom is -0.467 e. The van der Waals surface area contributed by atoms with E-state index in [-0.39, 0.29) is 5.54 Å². The van der Waals surface area contributed by atoms with Crippen LogP contribution < -0.4 is 5.32 Å². The van der Waals surface area contributed by atoms with Crippen molar-refractivity contribution in [2.24, 2.45) is 0 Å². The highest BCUT2D eigenvalue weighted by atomic mass is 16.4. The number of hydrogen-bond acceptors (Lipinski definition) is 3. The summed E-state index contributed by atoms with van der Waals surface area (Å²) in [7, 11) is 0. The molecule has 1 saturated carbocycles. The molecular weight excluding hydrogens is 166 g/mol. The lowest BCUT2D eigenvalue weighted by atomic mass is 10.2. The summed E-state index contributed by atoms with van der Waals surface area (Å²) in [5, 5.41) is 13.0. The first kappa shape index (κ1) is 8.78. The van der Waals surface area contributed by atoms with Gasteiger partial charge >= 0.3 is 0 Å². The lowest BCUT2D eigenvalue weighted by molar-refractivity contribution is 0.143. The van der Waals surface area contributed by atoms with Gasteiger partial charge in [-0.1, -0.05) is 0 Å². The van der Waals surface area contributed by atoms with Crippen LogP contribution in [-0.2, 0) is 0 Å². The topological polar surface area (TPSA) is 45.4 Å². The summed E-state index contributed by atoms with van der Waals surface area (Å²) in [6, 6.07) is 3.58. The minimum atomic E-state index is -0.521. The average Bonchev–Trinajstić information content (AvgIpc) is 2.69. The fourth-order valence-corrected chi connectivity index (χ4v) is 1.29. The molecule has 0 radical (unpaired) electrons. The van der Waals surface area contributed by atoms with Crippen molar-refractivity contribution in [3.63, 3.8) is 0 Å². The molecule has 1 aromatic heterocycles. The van der Waals surface area contributed by atoms with Crippen LogP contribution >= 0.6 is 0 Å². The molecule has 2 rings (SSSR count). The summed E-state index contributed by atoms with van der Waals surface area (Å²) < 4.78 is 5.09. The largest absolute Gasteiger partial charge is 0.467 e. The van der Waals surface area contributed by atoms with Crippen molar-refractivity contribution < 1.29 is 9.52 Å². The maximum atomic E-state index is 9.64. The smallest absolute Gasteiger partial charge is 0.133 e. The SMILES string of the molecule is CC1(NCC(O)c2ccco2)CC1. The Hall–Kier alpha value is -0.800. The molecule has 13 heavy (non-hydrogen) atoms. The lowest BCUT2D eigenvalue weighted by Gasteiger charge is -2.14. The molecule has 1 aromatic rings. The van der Waals surface area contributed by atoms with Gasteiger partial charge in [-0.25, -0.2) is 0 Å². The van der Waals surface area contributed by atoms with E-state index in [1.807, 2.05) is 0 Å². The number of aliphatic hydroxyl groups is 1. The highest BCUT2D eigenvalue weighted by Gasteiger charge is 2.36. The molecule has 1 aliphatic rings. The fourth-order valence-electron chi connectivity index (χ4n) is 1.29. The van der Waals surface area contributed by atoms with Crippen LogP contribution in [-0.4, -0.2) is 17.2 Å². The van der Waals surface area contributed by atoms with Crippen LogP contribution in [0.1, 0.15) is 31.6 Å². The van der Waals surface area contributed by atoms with Gasteiger partial charge in [0.05, 0.1) is 6.26 Å². The van der Waals surface area contributed by atoms with E-state index in [0.717, 1.165) is 0 Å². The number of nitrogens with one attached hydrogen (secondary N) is 1. The summed E-state index contributed by atoms with van der Waals surface area (Å²) in [4.78, 5) is 0. The molecule has 0 aromatic carbocycles. The van der Waals surface area contributed by atoms with Crippen LogP contribution in [0.4, 0.5) is 0 Å². The summed E-state index contributed by atoms with van der Waals surface area (Å²) in [6.07, 6.45) is 3.47. The second kappa shape index (κ2) is 3.16. The zero-order valence-corrected chi connectivity index (χ0v) is 7.79. The molecule has 0 saturated heterocycles. The van der Waals surface area contributed by atoms with Crippen LogP contribution in [0.15, 0.2) is 22.8 Å². The molecule has 3 nitrogen and oxygen atoms in total. The van der Waals surface area contributed by atoms with E-state index in [2.05, 4.69) is 12.2 Å². The Balaban J connectivity index is 1.82. The van der Waals surface area contributed by atoms with Crippen molar-refractivity contribution >= 4 is 0 Å². The van der Waals surface area contributed by atoms with Gasteiger partial charge in [-0.05, 0) is 31.9 Å². The second-order valence-electron chi connectivity index (χ2n) is 3.97. The summed E-state index contributed by atoms with van der Waals surface area (Å²) in [5.41, 5.74) is 0.271. The molecule has 0 bridgehead atoms. The van der Waals surface area contributed by atoms with E-state index in [1.54, 1.807) is 18.4 Å². The molecule has 1 aliphatic carbocycles. The quantitative estimate of drug-likeness (QED) is 0.739. The molecule has 3 heteroatoms. The molecule has 2 N–H and O–H groups in total. The van der Waals surface area contributed by atoms with Gasteiger partial charge in [0.25, 0.3) is 0 Å². The summed E-state index contributed by atoms with van der Waals surface area (Å²) in [6.45, 7) is 2.74. The third-order valence-electron chi connectivity index (χ3n) is 2.59. The molecule has 0 amide bonds. The normalized spacial score (nSPS) is 21.4. The second-order valence-corrected chi connectivity index (χ2v) is 3.97. The first-order chi connectivity index (χ1) is 6.20. The molecule has 0 aliphatic heterocycles. The van der Waals surface area contributed by atoms with Gasteiger partial charge < -0.3 is 14.8 Å². The Morgan fingerprint density at radius 1 is 1.69 bits per heavy atom. The van der Waals surface area contributed by atoms with Gasteiger partial charge in [0.15, 0.2) is 0 Å². The highest BCUT2D eigenvalue weighted by Crippen LogP contribution is 2.34. The van der Waals surface area contributed by atoms with Crippen molar-refractivity contribution in [2.45, 2.75) is 31.4 Å². The van der Waals surface area contributed by atoms with Gasteiger partial charge in [-0.3, -0.25) is 0 Å². The van der Waals surface area contributed by atoms with E-state index < -0.39 is 6.10 Å². The van der Waals surface area contributed by atoms with Crippen molar-refractivity contribution in [3.8, 4) is 0 Å². The van der Waals surface area contributed by atoms with Crippen LogP contribution in [0.3, 0.4) is 0 Å². The first-order valence-electron chi connectivity index (χ1n) is 4.66. The van der Waals surface area contributed by atoms with Crippen LogP contribution in [0, 0.1) is 0 Å². The van der Waals surface area contributed by atoms with E-state index in [4.69, 9.17) is 4.42 Å². The molecule has 72 valence electrons. The number of furan rings is 1. The van der Waals surface area contributed by atoms with Gasteiger partial charge in [-0.2, -0.15) is 0 Å². The first-order valence-corrected chi connectivity index (χ1v) is 4.66. The lowest BCUT2D eigenvalue weighted by Crippen LogP contribution is -2.31. The Bertz CT molecular complexity index is 264. The van der Waals surface area contributed by atoms with Crippen molar-refractivity contribution in [1.82, 2.24) is 5.32 Å². The van der Waals surface area contributed by atoms with Gasteiger partial charge in [0.2, 0.25) is 0 Å². The predicted octanol–water partition coefficient (Wildman–Crippen LogP) is 1.46. The maximum Gasteiger partial charge on any atom is 0.133 e. The van der Waals surface area contributed by atoms with E-state index in [9.17, 15) is 5.11 Å². The molecule has 0 spiro atoms. The van der Waals surface area contributed by atoms with Gasteiger partial charge in [0.1, 0.15) is 11.9 Å². The standard InChI is InChI=1S/C10H15NO2/c1-10(4-5-10)11-7-8(12)9-3-2-6-13-9/h2-3,6,8,11-12H,4-5,7H2,1H3. The average molecular weight is 181 g/mol. The molecule has 1 heterocycles. The molecule has 1 unspecified atom stereocenters. The zero-order valence-electron chi connectivity index (χ0n) is 7.79. The molecule has 1 atom stereocenters. The van der Waals surface area contributed by atoms with Crippen molar-refractivity contribution in [3.05, 3.63) is 24.2 Å². The number of hydrogen-bond donors (Lipinski definition) is 2. The predicted molar refractivity (Wildman–Crippen MR) is 49.3 cm³/mol. The van der Waals surface area contributed by atoms with Gasteiger partial charge in [0, 0.05) is 12.1 Å². The number of β-amino-alcohol motifs (C(OH)–C–C–N with tert-alkyl or cyclic N) is 1. The van der Waals surface area contributed by atoms with Gasteiger partial charge in [-0.15, -0.1) is 0 Å². The Kier molecular flexibility index (Phi) is 2.14. The summed E-state index contributed by atoms with van der Waals surface area (Å²) in [5.74, 6) is 0.636. The van der Waals surface area contributed by atoms with Crippen LogP contribution in [0.25, 0.3) is 0 Å². The third-order valence-corrected chi connectivity index (χ3v) is 2.59. The van der Waals surface area contributed by atoms with E-state index >= 15 is 0 Å². The Morgan fingerprint density at radius 2 is 2.46 bits per heavy atom.